The van der Waals surface area contributed by atoms with E-state index in [9.17, 15) is 21.6 Å². The number of hydrogen-bond acceptors (Lipinski definition) is 7. The second-order valence-corrected chi connectivity index (χ2v) is 12.1. The average molecular weight is 518 g/mol. The van der Waals surface area contributed by atoms with E-state index in [1.807, 2.05) is 0 Å². The molecule has 35 heavy (non-hydrogen) atoms. The maximum absolute atomic E-state index is 13.1. The summed E-state index contributed by atoms with van der Waals surface area (Å²) in [5.74, 6) is -0.386. The van der Waals surface area contributed by atoms with E-state index in [0.717, 1.165) is 23.9 Å². The summed E-state index contributed by atoms with van der Waals surface area (Å²) in [7, 11) is -7.18. The number of carbonyl (C=O) groups is 1. The zero-order chi connectivity index (χ0) is 25.2. The topological polar surface area (TPSA) is 124 Å². The molecule has 11 heteroatoms. The van der Waals surface area contributed by atoms with Crippen molar-refractivity contribution in [3.8, 4) is 11.1 Å². The number of nitrogens with one attached hydrogen (secondary N) is 1. The average Bonchev–Trinajstić information content (AvgIpc) is 3.22. The molecule has 0 amide bonds. The van der Waals surface area contributed by atoms with Crippen LogP contribution in [0.4, 0.5) is 0 Å². The smallest absolute Gasteiger partial charge is 0.327 e. The van der Waals surface area contributed by atoms with Crippen LogP contribution >= 0.6 is 0 Å². The van der Waals surface area contributed by atoms with Crippen LogP contribution in [0.1, 0.15) is 37.1 Å². The third-order valence-corrected chi connectivity index (χ3v) is 8.50. The lowest BCUT2D eigenvalue weighted by molar-refractivity contribution is -0.144. The quantitative estimate of drug-likeness (QED) is 0.456. The minimum absolute atomic E-state index is 0.00929. The summed E-state index contributed by atoms with van der Waals surface area (Å²) in [6.07, 6.45) is 4.83. The maximum Gasteiger partial charge on any atom is 0.327 e. The van der Waals surface area contributed by atoms with Gasteiger partial charge in [0.15, 0.2) is 9.84 Å². The number of nitrogens with zero attached hydrogens (tertiary/aromatic N) is 2. The van der Waals surface area contributed by atoms with E-state index < -0.39 is 25.9 Å². The van der Waals surface area contributed by atoms with Crippen molar-refractivity contribution in [2.24, 2.45) is 0 Å². The number of hydrogen-bond donors (Lipinski definition) is 1. The van der Waals surface area contributed by atoms with Gasteiger partial charge in [0.1, 0.15) is 6.54 Å². The summed E-state index contributed by atoms with van der Waals surface area (Å²) in [4.78, 5) is 12.2. The molecule has 0 radical (unpaired) electrons. The van der Waals surface area contributed by atoms with Crippen molar-refractivity contribution in [2.75, 3.05) is 12.9 Å². The van der Waals surface area contributed by atoms with Crippen LogP contribution in [-0.4, -0.2) is 45.4 Å². The molecule has 0 fully saturated rings. The summed E-state index contributed by atoms with van der Waals surface area (Å²) in [5, 5.41) is 4.28. The molecule has 1 atom stereocenters. The number of sulfonamides is 1. The molecule has 0 aliphatic heterocycles. The molecule has 0 saturated heterocycles. The van der Waals surface area contributed by atoms with Gasteiger partial charge in [0.05, 0.1) is 28.6 Å². The predicted octanol–water partition coefficient (Wildman–Crippen LogP) is 2.87. The van der Waals surface area contributed by atoms with E-state index in [0.29, 0.717) is 24.0 Å². The molecule has 2 aromatic carbocycles. The second-order valence-electron chi connectivity index (χ2n) is 8.40. The zero-order valence-corrected chi connectivity index (χ0v) is 21.1. The van der Waals surface area contributed by atoms with E-state index >= 15 is 0 Å². The van der Waals surface area contributed by atoms with Crippen LogP contribution in [0.25, 0.3) is 11.1 Å². The van der Waals surface area contributed by atoms with Gasteiger partial charge in [-0.1, -0.05) is 24.3 Å². The van der Waals surface area contributed by atoms with Crippen molar-refractivity contribution in [1.82, 2.24) is 14.5 Å². The minimum atomic E-state index is -3.83. The molecule has 0 spiro atoms. The maximum atomic E-state index is 13.1. The molecule has 4 rings (SSSR count). The van der Waals surface area contributed by atoms with Crippen LogP contribution in [0.2, 0.25) is 0 Å². The van der Waals surface area contributed by atoms with Gasteiger partial charge in [-0.05, 0) is 61.6 Å². The second kappa shape index (κ2) is 9.92. The van der Waals surface area contributed by atoms with E-state index in [-0.39, 0.29) is 28.9 Å². The fraction of sp³-hybridized carbons (Fsp3) is 0.333. The Bertz CT molecular complexity index is 1440. The van der Waals surface area contributed by atoms with Gasteiger partial charge in [0.25, 0.3) is 0 Å². The van der Waals surface area contributed by atoms with Gasteiger partial charge in [-0.3, -0.25) is 9.48 Å². The Morgan fingerprint density at radius 1 is 1.09 bits per heavy atom. The number of carbonyl (C=O) groups excluding carboxylic acids is 1. The highest BCUT2D eigenvalue weighted by molar-refractivity contribution is 7.90. The Morgan fingerprint density at radius 3 is 2.51 bits per heavy atom. The number of ether oxygens (including phenoxy) is 1. The van der Waals surface area contributed by atoms with Crippen LogP contribution in [0.15, 0.2) is 64.5 Å². The van der Waals surface area contributed by atoms with E-state index in [1.54, 1.807) is 48.1 Å². The fourth-order valence-electron chi connectivity index (χ4n) is 4.19. The number of rotatable bonds is 8. The summed E-state index contributed by atoms with van der Waals surface area (Å²) in [6.45, 7) is 2.01. The number of fused-ring (bicyclic) bond motifs is 1. The van der Waals surface area contributed by atoms with Crippen molar-refractivity contribution in [1.29, 1.82) is 0 Å². The largest absolute Gasteiger partial charge is 0.465 e. The molecular weight excluding hydrogens is 490 g/mol. The molecule has 0 saturated carbocycles. The Kier molecular flexibility index (Phi) is 7.11. The van der Waals surface area contributed by atoms with Gasteiger partial charge >= 0.3 is 5.97 Å². The third-order valence-electron chi connectivity index (χ3n) is 5.90. The molecule has 1 heterocycles. The molecule has 186 valence electrons. The van der Waals surface area contributed by atoms with Crippen LogP contribution < -0.4 is 4.72 Å². The lowest BCUT2D eigenvalue weighted by Gasteiger charge is -2.24. The summed E-state index contributed by atoms with van der Waals surface area (Å²) in [6, 6.07) is 12.4. The van der Waals surface area contributed by atoms with Gasteiger partial charge in [0, 0.05) is 17.5 Å². The van der Waals surface area contributed by atoms with Crippen molar-refractivity contribution in [2.45, 2.75) is 48.6 Å². The molecule has 1 aliphatic rings. The van der Waals surface area contributed by atoms with Gasteiger partial charge in [-0.25, -0.2) is 21.6 Å². The molecule has 1 N–H and O–H groups in total. The van der Waals surface area contributed by atoms with Crippen LogP contribution in [0.3, 0.4) is 0 Å². The lowest BCUT2D eigenvalue weighted by Crippen LogP contribution is -2.31. The van der Waals surface area contributed by atoms with Crippen molar-refractivity contribution >= 4 is 25.8 Å². The highest BCUT2D eigenvalue weighted by atomic mass is 32.2. The van der Waals surface area contributed by atoms with Gasteiger partial charge in [0.2, 0.25) is 10.0 Å². The van der Waals surface area contributed by atoms with Crippen LogP contribution in [-0.2, 0) is 42.4 Å². The predicted molar refractivity (Wildman–Crippen MR) is 130 cm³/mol. The molecule has 1 aliphatic carbocycles. The van der Waals surface area contributed by atoms with Crippen molar-refractivity contribution in [3.05, 3.63) is 66.0 Å². The highest BCUT2D eigenvalue weighted by Gasteiger charge is 2.29. The van der Waals surface area contributed by atoms with Crippen molar-refractivity contribution in [3.63, 3.8) is 0 Å². The molecular formula is C24H27N3O6S2. The first kappa shape index (κ1) is 25.1. The van der Waals surface area contributed by atoms with E-state index in [2.05, 4.69) is 9.82 Å². The summed E-state index contributed by atoms with van der Waals surface area (Å²) >= 11 is 0. The normalized spacial score (nSPS) is 16.0. The van der Waals surface area contributed by atoms with Crippen LogP contribution in [0, 0.1) is 0 Å². The standard InChI is InChI=1S/C24H27N3O6S2/c1-3-33-24(28)16-27-23-9-5-8-22(21(23)15-25-27)26-35(31,32)19-12-10-17(11-13-19)18-6-4-7-20(14-18)34(2,29)30/h4,6-7,10-15,22,26H,3,5,8-9,16H2,1-2H3/t22-/m1/s1. The molecule has 0 unspecified atom stereocenters. The first-order valence-corrected chi connectivity index (χ1v) is 14.6. The van der Waals surface area contributed by atoms with Gasteiger partial charge in [-0.2, -0.15) is 5.10 Å². The van der Waals surface area contributed by atoms with Gasteiger partial charge in [-0.15, -0.1) is 0 Å². The third kappa shape index (κ3) is 5.63. The minimum Gasteiger partial charge on any atom is -0.465 e. The SMILES string of the molecule is CCOC(=O)Cn1ncc2c1CCC[C@H]2NS(=O)(=O)c1ccc(-c2cccc(S(C)(=O)=O)c2)cc1. The number of benzene rings is 2. The number of sulfone groups is 1. The Balaban J connectivity index is 1.53. The molecule has 3 aromatic rings. The van der Waals surface area contributed by atoms with Crippen LogP contribution in [0.5, 0.6) is 0 Å². The first-order chi connectivity index (χ1) is 16.6. The molecule has 9 nitrogen and oxygen atoms in total. The molecule has 1 aromatic heterocycles. The van der Waals surface area contributed by atoms with E-state index in [4.69, 9.17) is 4.74 Å². The Labute approximate surface area is 205 Å². The van der Waals surface area contributed by atoms with Gasteiger partial charge < -0.3 is 4.74 Å². The summed E-state index contributed by atoms with van der Waals surface area (Å²) in [5.41, 5.74) is 2.97. The highest BCUT2D eigenvalue weighted by Crippen LogP contribution is 2.31. The number of aromatic nitrogens is 2. The first-order valence-electron chi connectivity index (χ1n) is 11.2. The number of esters is 1. The Morgan fingerprint density at radius 2 is 1.83 bits per heavy atom. The zero-order valence-electron chi connectivity index (χ0n) is 19.5. The lowest BCUT2D eigenvalue weighted by atomic mass is 9.94. The Hall–Kier alpha value is -3.02. The fourth-order valence-corrected chi connectivity index (χ4v) is 6.11. The van der Waals surface area contributed by atoms with E-state index in [1.165, 1.54) is 18.2 Å². The summed E-state index contributed by atoms with van der Waals surface area (Å²) < 4.78 is 59.3. The van der Waals surface area contributed by atoms with Crippen molar-refractivity contribution < 1.29 is 26.4 Å². The molecule has 0 bridgehead atoms. The monoisotopic (exact) mass is 517 g/mol.